The Bertz CT molecular complexity index is 1090. The number of carbonyl (C=O) groups is 2. The lowest BCUT2D eigenvalue weighted by atomic mass is 10.0. The lowest BCUT2D eigenvalue weighted by Crippen LogP contribution is -2.46. The molecule has 2 heterocycles. The molecule has 0 atom stereocenters. The average Bonchev–Trinajstić information content (AvgIpc) is 2.78. The van der Waals surface area contributed by atoms with Crippen LogP contribution in [0.1, 0.15) is 28.9 Å². The third-order valence-corrected chi connectivity index (χ3v) is 5.47. The molecule has 1 N–H and O–H groups in total. The first-order valence-corrected chi connectivity index (χ1v) is 10.4. The second-order valence-electron chi connectivity index (χ2n) is 7.35. The fourth-order valence-corrected chi connectivity index (χ4v) is 3.77. The maximum absolute atomic E-state index is 12.5. The normalized spacial score (nSPS) is 14.9. The molecule has 1 aliphatic rings. The summed E-state index contributed by atoms with van der Waals surface area (Å²) < 4.78 is 0. The molecule has 30 heavy (non-hydrogen) atoms. The van der Waals surface area contributed by atoms with Crippen LogP contribution in [0.5, 0.6) is 0 Å². The standard InChI is InChI=1S/C24H22ClN3O2/c25-19-8-6-17-7-9-20(26-22(17)16-19)10-11-23(29)27-21-12-14-28(15-13-21)24(30)18-4-2-1-3-5-18/h1-11,16,21H,12-15H2,(H,27,29). The summed E-state index contributed by atoms with van der Waals surface area (Å²) in [5.74, 6) is -0.112. The van der Waals surface area contributed by atoms with Gasteiger partial charge >= 0.3 is 0 Å². The fourth-order valence-electron chi connectivity index (χ4n) is 3.60. The van der Waals surface area contributed by atoms with Gasteiger partial charge in [-0.1, -0.05) is 41.9 Å². The molecule has 1 aliphatic heterocycles. The first kappa shape index (κ1) is 20.1. The van der Waals surface area contributed by atoms with Gasteiger partial charge in [-0.15, -0.1) is 0 Å². The SMILES string of the molecule is O=C(C=Cc1ccc2ccc(Cl)cc2n1)NC1CCN(C(=O)c2ccccc2)CC1. The molecule has 0 spiro atoms. The van der Waals surface area contributed by atoms with Gasteiger partial charge in [-0.2, -0.15) is 0 Å². The largest absolute Gasteiger partial charge is 0.350 e. The minimum Gasteiger partial charge on any atom is -0.350 e. The number of nitrogens with zero attached hydrogens (tertiary/aromatic N) is 2. The monoisotopic (exact) mass is 419 g/mol. The Hall–Kier alpha value is -3.18. The van der Waals surface area contributed by atoms with E-state index in [2.05, 4.69) is 10.3 Å². The summed E-state index contributed by atoms with van der Waals surface area (Å²) >= 11 is 6.02. The second kappa shape index (κ2) is 9.09. The molecule has 3 aromatic rings. The quantitative estimate of drug-likeness (QED) is 0.640. The van der Waals surface area contributed by atoms with Crippen molar-refractivity contribution in [1.82, 2.24) is 15.2 Å². The van der Waals surface area contributed by atoms with E-state index in [0.29, 0.717) is 29.4 Å². The van der Waals surface area contributed by atoms with Crippen molar-refractivity contribution in [3.8, 4) is 0 Å². The molecule has 2 amide bonds. The Balaban J connectivity index is 1.30. The van der Waals surface area contributed by atoms with Crippen LogP contribution in [0.25, 0.3) is 17.0 Å². The Morgan fingerprint density at radius 3 is 2.53 bits per heavy atom. The van der Waals surface area contributed by atoms with Crippen LogP contribution in [0.15, 0.2) is 66.7 Å². The van der Waals surface area contributed by atoms with Crippen LogP contribution in [-0.2, 0) is 4.79 Å². The van der Waals surface area contributed by atoms with Crippen molar-refractivity contribution in [3.63, 3.8) is 0 Å². The Labute approximate surface area is 180 Å². The zero-order valence-corrected chi connectivity index (χ0v) is 17.2. The number of piperidine rings is 1. The number of benzene rings is 2. The van der Waals surface area contributed by atoms with E-state index < -0.39 is 0 Å². The molecule has 2 aromatic carbocycles. The lowest BCUT2D eigenvalue weighted by molar-refractivity contribution is -0.117. The van der Waals surface area contributed by atoms with Gasteiger partial charge in [0.25, 0.3) is 5.91 Å². The summed E-state index contributed by atoms with van der Waals surface area (Å²) in [6.45, 7) is 1.27. The van der Waals surface area contributed by atoms with Gasteiger partial charge in [0.1, 0.15) is 0 Å². The molecular weight excluding hydrogens is 398 g/mol. The molecule has 6 heteroatoms. The first-order valence-electron chi connectivity index (χ1n) is 9.98. The van der Waals surface area contributed by atoms with E-state index in [1.807, 2.05) is 59.5 Å². The highest BCUT2D eigenvalue weighted by Gasteiger charge is 2.24. The molecule has 0 aliphatic carbocycles. The zero-order valence-electron chi connectivity index (χ0n) is 16.4. The number of amides is 2. The Morgan fingerprint density at radius 1 is 1.03 bits per heavy atom. The first-order chi connectivity index (χ1) is 14.6. The van der Waals surface area contributed by atoms with Crippen molar-refractivity contribution in [2.75, 3.05) is 13.1 Å². The number of carbonyl (C=O) groups excluding carboxylic acids is 2. The maximum Gasteiger partial charge on any atom is 0.253 e. The molecule has 0 bridgehead atoms. The second-order valence-corrected chi connectivity index (χ2v) is 7.78. The van der Waals surface area contributed by atoms with E-state index in [0.717, 1.165) is 23.7 Å². The fraction of sp³-hybridized carbons (Fsp3) is 0.208. The van der Waals surface area contributed by atoms with Gasteiger partial charge in [-0.3, -0.25) is 9.59 Å². The summed E-state index contributed by atoms with van der Waals surface area (Å²) in [6, 6.07) is 18.7. The number of likely N-dealkylation sites (tertiary alicyclic amines) is 1. The highest BCUT2D eigenvalue weighted by Crippen LogP contribution is 2.18. The van der Waals surface area contributed by atoms with Gasteiger partial charge in [-0.25, -0.2) is 4.98 Å². The van der Waals surface area contributed by atoms with Crippen molar-refractivity contribution < 1.29 is 9.59 Å². The number of rotatable bonds is 4. The van der Waals surface area contributed by atoms with Crippen LogP contribution in [0, 0.1) is 0 Å². The summed E-state index contributed by atoms with van der Waals surface area (Å²) in [4.78, 5) is 31.2. The van der Waals surface area contributed by atoms with E-state index in [1.165, 1.54) is 6.08 Å². The summed E-state index contributed by atoms with van der Waals surface area (Å²) in [5.41, 5.74) is 2.19. The van der Waals surface area contributed by atoms with Gasteiger partial charge in [0.15, 0.2) is 0 Å². The molecule has 1 aromatic heterocycles. The molecule has 4 rings (SSSR count). The average molecular weight is 420 g/mol. The predicted octanol–water partition coefficient (Wildman–Crippen LogP) is 4.32. The van der Waals surface area contributed by atoms with Crippen molar-refractivity contribution in [3.05, 3.63) is 83.0 Å². The lowest BCUT2D eigenvalue weighted by Gasteiger charge is -2.32. The molecule has 0 unspecified atom stereocenters. The van der Waals surface area contributed by atoms with Crippen LogP contribution in [0.3, 0.4) is 0 Å². The van der Waals surface area contributed by atoms with Crippen LogP contribution in [0.2, 0.25) is 5.02 Å². The van der Waals surface area contributed by atoms with Gasteiger partial charge in [0.05, 0.1) is 11.2 Å². The van der Waals surface area contributed by atoms with E-state index in [9.17, 15) is 9.59 Å². The topological polar surface area (TPSA) is 62.3 Å². The summed E-state index contributed by atoms with van der Waals surface area (Å²) in [5, 5.41) is 4.65. The summed E-state index contributed by atoms with van der Waals surface area (Å²) in [7, 11) is 0. The number of fused-ring (bicyclic) bond motifs is 1. The third kappa shape index (κ3) is 4.86. The number of nitrogens with one attached hydrogen (secondary N) is 1. The van der Waals surface area contributed by atoms with Gasteiger partial charge in [0, 0.05) is 41.2 Å². The van der Waals surface area contributed by atoms with E-state index in [-0.39, 0.29) is 17.9 Å². The highest BCUT2D eigenvalue weighted by atomic mass is 35.5. The van der Waals surface area contributed by atoms with Gasteiger partial charge < -0.3 is 10.2 Å². The van der Waals surface area contributed by atoms with Gasteiger partial charge in [-0.05, 0) is 49.2 Å². The molecule has 152 valence electrons. The van der Waals surface area contributed by atoms with Crippen molar-refractivity contribution in [1.29, 1.82) is 0 Å². The summed E-state index contributed by atoms with van der Waals surface area (Å²) in [6.07, 6.45) is 4.68. The molecule has 0 radical (unpaired) electrons. The van der Waals surface area contributed by atoms with Crippen molar-refractivity contribution >= 4 is 40.4 Å². The minimum atomic E-state index is -0.157. The number of hydrogen-bond acceptors (Lipinski definition) is 3. The van der Waals surface area contributed by atoms with Crippen LogP contribution in [0.4, 0.5) is 0 Å². The minimum absolute atomic E-state index is 0.0442. The molecule has 1 fully saturated rings. The van der Waals surface area contributed by atoms with Crippen LogP contribution in [-0.4, -0.2) is 40.8 Å². The highest BCUT2D eigenvalue weighted by molar-refractivity contribution is 6.31. The third-order valence-electron chi connectivity index (χ3n) is 5.23. The molecule has 0 saturated carbocycles. The van der Waals surface area contributed by atoms with Crippen molar-refractivity contribution in [2.45, 2.75) is 18.9 Å². The zero-order chi connectivity index (χ0) is 20.9. The molecular formula is C24H22ClN3O2. The van der Waals surface area contributed by atoms with Gasteiger partial charge in [0.2, 0.25) is 5.91 Å². The van der Waals surface area contributed by atoms with Crippen LogP contribution >= 0.6 is 11.6 Å². The number of pyridine rings is 1. The Kier molecular flexibility index (Phi) is 6.10. The predicted molar refractivity (Wildman–Crippen MR) is 119 cm³/mol. The van der Waals surface area contributed by atoms with E-state index in [1.54, 1.807) is 12.1 Å². The number of aromatic nitrogens is 1. The maximum atomic E-state index is 12.5. The number of hydrogen-bond donors (Lipinski definition) is 1. The Morgan fingerprint density at radius 2 is 1.77 bits per heavy atom. The number of halogens is 1. The molecule has 5 nitrogen and oxygen atoms in total. The van der Waals surface area contributed by atoms with Crippen molar-refractivity contribution in [2.24, 2.45) is 0 Å². The smallest absolute Gasteiger partial charge is 0.253 e. The van der Waals surface area contributed by atoms with E-state index >= 15 is 0 Å². The molecule has 1 saturated heterocycles. The van der Waals surface area contributed by atoms with E-state index in [4.69, 9.17) is 11.6 Å². The van der Waals surface area contributed by atoms with Crippen LogP contribution < -0.4 is 5.32 Å².